The van der Waals surface area contributed by atoms with E-state index in [0.717, 1.165) is 10.9 Å². The molecule has 1 atom stereocenters. The molecule has 0 N–H and O–H groups in total. The van der Waals surface area contributed by atoms with Crippen molar-refractivity contribution in [2.24, 2.45) is 0 Å². The quantitative estimate of drug-likeness (QED) is 0.592. The molecule has 0 amide bonds. The first kappa shape index (κ1) is 11.3. The lowest BCUT2D eigenvalue weighted by Gasteiger charge is -2.27. The van der Waals surface area contributed by atoms with Crippen LogP contribution in [0.1, 0.15) is 12.5 Å². The van der Waals surface area contributed by atoms with E-state index < -0.39 is 0 Å². The second-order valence-corrected chi connectivity index (χ2v) is 3.78. The van der Waals surface area contributed by atoms with Gasteiger partial charge < -0.3 is 4.74 Å². The summed E-state index contributed by atoms with van der Waals surface area (Å²) in [4.78, 5) is 0. The maximum absolute atomic E-state index is 5.63. The van der Waals surface area contributed by atoms with Gasteiger partial charge in [0, 0.05) is 5.33 Å². The van der Waals surface area contributed by atoms with E-state index in [-0.39, 0.29) is 5.60 Å². The first-order valence-electron chi connectivity index (χ1n) is 4.42. The van der Waals surface area contributed by atoms with Crippen molar-refractivity contribution >= 4 is 15.9 Å². The van der Waals surface area contributed by atoms with Crippen LogP contribution in [-0.4, -0.2) is 11.9 Å². The number of benzene rings is 1. The highest BCUT2D eigenvalue weighted by Gasteiger charge is 2.25. The third-order valence-electron chi connectivity index (χ3n) is 2.11. The maximum Gasteiger partial charge on any atom is 0.108 e. The van der Waals surface area contributed by atoms with E-state index in [1.54, 1.807) is 0 Å². The Morgan fingerprint density at radius 3 is 2.57 bits per heavy atom. The Morgan fingerprint density at radius 2 is 2.07 bits per heavy atom. The van der Waals surface area contributed by atoms with Gasteiger partial charge in [0.1, 0.15) is 12.2 Å². The molecule has 0 aliphatic rings. The lowest BCUT2D eigenvalue weighted by molar-refractivity contribution is 0.00361. The Labute approximate surface area is 93.6 Å². The van der Waals surface area contributed by atoms with Crippen molar-refractivity contribution in [2.75, 3.05) is 11.9 Å². The van der Waals surface area contributed by atoms with Gasteiger partial charge >= 0.3 is 0 Å². The van der Waals surface area contributed by atoms with E-state index in [1.807, 2.05) is 37.3 Å². The van der Waals surface area contributed by atoms with Crippen molar-refractivity contribution in [2.45, 2.75) is 12.5 Å². The SMILES string of the molecule is C#CCOC(C)(CBr)c1ccccc1. The van der Waals surface area contributed by atoms with Gasteiger partial charge in [0.15, 0.2) is 0 Å². The first-order valence-corrected chi connectivity index (χ1v) is 5.54. The molecule has 14 heavy (non-hydrogen) atoms. The molecule has 74 valence electrons. The van der Waals surface area contributed by atoms with Gasteiger partial charge in [-0.3, -0.25) is 0 Å². The molecule has 0 bridgehead atoms. The van der Waals surface area contributed by atoms with Crippen LogP contribution in [0.25, 0.3) is 0 Å². The largest absolute Gasteiger partial charge is 0.357 e. The molecule has 0 heterocycles. The van der Waals surface area contributed by atoms with E-state index in [4.69, 9.17) is 11.2 Å². The predicted molar refractivity (Wildman–Crippen MR) is 62.4 cm³/mol. The average molecular weight is 253 g/mol. The summed E-state index contributed by atoms with van der Waals surface area (Å²) in [6, 6.07) is 10.1. The number of halogens is 1. The van der Waals surface area contributed by atoms with Crippen LogP contribution >= 0.6 is 15.9 Å². The molecule has 0 aromatic heterocycles. The van der Waals surface area contributed by atoms with E-state index in [1.165, 1.54) is 0 Å². The minimum Gasteiger partial charge on any atom is -0.357 e. The molecular weight excluding hydrogens is 240 g/mol. The Kier molecular flexibility index (Phi) is 4.19. The van der Waals surface area contributed by atoms with Gasteiger partial charge in [-0.1, -0.05) is 52.2 Å². The summed E-state index contributed by atoms with van der Waals surface area (Å²) >= 11 is 3.45. The summed E-state index contributed by atoms with van der Waals surface area (Å²) in [5.41, 5.74) is 0.792. The number of hydrogen-bond acceptors (Lipinski definition) is 1. The molecule has 0 aliphatic heterocycles. The zero-order chi connectivity index (χ0) is 10.4. The van der Waals surface area contributed by atoms with Gasteiger partial charge in [0.05, 0.1) is 0 Å². The molecule has 1 aromatic carbocycles. The summed E-state index contributed by atoms with van der Waals surface area (Å²) in [5, 5.41) is 0.728. The third-order valence-corrected chi connectivity index (χ3v) is 3.18. The van der Waals surface area contributed by atoms with Crippen molar-refractivity contribution in [3.05, 3.63) is 35.9 Å². The summed E-state index contributed by atoms with van der Waals surface area (Å²) in [7, 11) is 0. The lowest BCUT2D eigenvalue weighted by Crippen LogP contribution is -2.27. The number of rotatable bonds is 4. The van der Waals surface area contributed by atoms with Gasteiger partial charge in [-0.25, -0.2) is 0 Å². The number of terminal acetylenes is 1. The number of alkyl halides is 1. The zero-order valence-electron chi connectivity index (χ0n) is 8.16. The van der Waals surface area contributed by atoms with Crippen LogP contribution in [0.5, 0.6) is 0 Å². The molecule has 0 saturated carbocycles. The highest BCUT2D eigenvalue weighted by atomic mass is 79.9. The highest BCUT2D eigenvalue weighted by Crippen LogP contribution is 2.26. The Bertz CT molecular complexity index is 315. The van der Waals surface area contributed by atoms with Crippen LogP contribution in [0.4, 0.5) is 0 Å². The molecule has 1 aromatic rings. The molecule has 0 aliphatic carbocycles. The van der Waals surface area contributed by atoms with Crippen LogP contribution in [-0.2, 0) is 10.3 Å². The molecule has 0 fully saturated rings. The van der Waals surface area contributed by atoms with Crippen LogP contribution < -0.4 is 0 Å². The van der Waals surface area contributed by atoms with Gasteiger partial charge in [0.2, 0.25) is 0 Å². The molecule has 0 saturated heterocycles. The minimum atomic E-state index is -0.340. The van der Waals surface area contributed by atoms with Crippen molar-refractivity contribution < 1.29 is 4.74 Å². The summed E-state index contributed by atoms with van der Waals surface area (Å²) < 4.78 is 5.63. The van der Waals surface area contributed by atoms with E-state index in [0.29, 0.717) is 6.61 Å². The fraction of sp³-hybridized carbons (Fsp3) is 0.333. The molecular formula is C12H13BrO. The normalized spacial score (nSPS) is 14.4. The Morgan fingerprint density at radius 1 is 1.43 bits per heavy atom. The first-order chi connectivity index (χ1) is 6.73. The number of hydrogen-bond donors (Lipinski definition) is 0. The van der Waals surface area contributed by atoms with Gasteiger partial charge in [-0.05, 0) is 12.5 Å². The lowest BCUT2D eigenvalue weighted by atomic mass is 9.98. The van der Waals surface area contributed by atoms with Gasteiger partial charge in [-0.2, -0.15) is 0 Å². The van der Waals surface area contributed by atoms with Gasteiger partial charge in [-0.15, -0.1) is 6.42 Å². The van der Waals surface area contributed by atoms with E-state index in [2.05, 4.69) is 21.9 Å². The molecule has 1 rings (SSSR count). The average Bonchev–Trinajstić information content (AvgIpc) is 2.27. The summed E-state index contributed by atoms with van der Waals surface area (Å²) in [5.74, 6) is 2.48. The van der Waals surface area contributed by atoms with Crippen LogP contribution in [0.3, 0.4) is 0 Å². The van der Waals surface area contributed by atoms with Crippen molar-refractivity contribution in [3.63, 3.8) is 0 Å². The van der Waals surface area contributed by atoms with Crippen molar-refractivity contribution in [1.29, 1.82) is 0 Å². The fourth-order valence-corrected chi connectivity index (χ4v) is 1.68. The topological polar surface area (TPSA) is 9.23 Å². The molecule has 0 radical (unpaired) electrons. The molecule has 1 unspecified atom stereocenters. The zero-order valence-corrected chi connectivity index (χ0v) is 9.75. The van der Waals surface area contributed by atoms with Crippen molar-refractivity contribution in [3.8, 4) is 12.3 Å². The summed E-state index contributed by atoms with van der Waals surface area (Å²) in [6.07, 6.45) is 5.18. The molecule has 2 heteroatoms. The predicted octanol–water partition coefficient (Wildman–Crippen LogP) is 2.95. The van der Waals surface area contributed by atoms with Crippen molar-refractivity contribution in [1.82, 2.24) is 0 Å². The second kappa shape index (κ2) is 5.19. The summed E-state index contributed by atoms with van der Waals surface area (Å²) in [6.45, 7) is 2.35. The molecule has 0 spiro atoms. The van der Waals surface area contributed by atoms with Crippen LogP contribution in [0.2, 0.25) is 0 Å². The van der Waals surface area contributed by atoms with Gasteiger partial charge in [0.25, 0.3) is 0 Å². The number of ether oxygens (including phenoxy) is 1. The fourth-order valence-electron chi connectivity index (χ4n) is 1.19. The highest BCUT2D eigenvalue weighted by molar-refractivity contribution is 9.09. The maximum atomic E-state index is 5.63. The third kappa shape index (κ3) is 2.60. The Hall–Kier alpha value is -0.780. The van der Waals surface area contributed by atoms with Crippen LogP contribution in [0.15, 0.2) is 30.3 Å². The van der Waals surface area contributed by atoms with E-state index >= 15 is 0 Å². The standard InChI is InChI=1S/C12H13BrO/c1-3-9-14-12(2,10-13)11-7-5-4-6-8-11/h1,4-8H,9-10H2,2H3. The second-order valence-electron chi connectivity index (χ2n) is 3.22. The minimum absolute atomic E-state index is 0.330. The van der Waals surface area contributed by atoms with Crippen LogP contribution in [0, 0.1) is 12.3 Å². The monoisotopic (exact) mass is 252 g/mol. The molecule has 1 nitrogen and oxygen atoms in total. The van der Waals surface area contributed by atoms with E-state index in [9.17, 15) is 0 Å². The smallest absolute Gasteiger partial charge is 0.108 e. The Balaban J connectivity index is 2.85.